The molecule has 6 heteroatoms. The van der Waals surface area contributed by atoms with Crippen molar-refractivity contribution in [3.8, 4) is 11.8 Å². The van der Waals surface area contributed by atoms with Gasteiger partial charge in [0.15, 0.2) is 0 Å². The molecule has 0 saturated heterocycles. The van der Waals surface area contributed by atoms with Crippen molar-refractivity contribution in [2.75, 3.05) is 20.2 Å². The highest BCUT2D eigenvalue weighted by Crippen LogP contribution is 2.20. The molecule has 2 aromatic rings. The minimum atomic E-state index is -0.740. The lowest BCUT2D eigenvalue weighted by atomic mass is 10.2. The minimum absolute atomic E-state index is 0.0985. The van der Waals surface area contributed by atoms with E-state index in [9.17, 15) is 9.50 Å². The van der Waals surface area contributed by atoms with Gasteiger partial charge in [0.2, 0.25) is 0 Å². The van der Waals surface area contributed by atoms with Gasteiger partial charge in [-0.15, -0.1) is 0 Å². The van der Waals surface area contributed by atoms with Crippen molar-refractivity contribution in [2.24, 2.45) is 0 Å². The Morgan fingerprint density at radius 3 is 2.62 bits per heavy atom. The van der Waals surface area contributed by atoms with Crippen LogP contribution in [0.4, 0.5) is 4.39 Å². The van der Waals surface area contributed by atoms with Crippen molar-refractivity contribution in [3.05, 3.63) is 64.4 Å². The highest BCUT2D eigenvalue weighted by Gasteiger charge is 2.13. The average molecular weight is 349 g/mol. The van der Waals surface area contributed by atoms with Crippen LogP contribution in [0.15, 0.2) is 42.5 Å². The largest absolute Gasteiger partial charge is 0.491 e. The van der Waals surface area contributed by atoms with Crippen LogP contribution < -0.4 is 4.74 Å². The van der Waals surface area contributed by atoms with Gasteiger partial charge < -0.3 is 9.84 Å². The van der Waals surface area contributed by atoms with E-state index in [0.29, 0.717) is 35.0 Å². The molecule has 1 unspecified atom stereocenters. The molecule has 0 amide bonds. The summed E-state index contributed by atoms with van der Waals surface area (Å²) in [6, 6.07) is 13.2. The van der Waals surface area contributed by atoms with E-state index in [0.717, 1.165) is 0 Å². The van der Waals surface area contributed by atoms with Gasteiger partial charge in [0, 0.05) is 23.7 Å². The van der Waals surface area contributed by atoms with Gasteiger partial charge >= 0.3 is 0 Å². The van der Waals surface area contributed by atoms with Gasteiger partial charge in [0.1, 0.15) is 24.3 Å². The Hall–Kier alpha value is -2.13. The molecule has 4 nitrogen and oxygen atoms in total. The van der Waals surface area contributed by atoms with E-state index in [1.165, 1.54) is 6.07 Å². The van der Waals surface area contributed by atoms with Gasteiger partial charge in [-0.1, -0.05) is 17.7 Å². The summed E-state index contributed by atoms with van der Waals surface area (Å²) < 4.78 is 19.2. The second kappa shape index (κ2) is 8.65. The summed E-state index contributed by atoms with van der Waals surface area (Å²) in [7, 11) is 1.77. The van der Waals surface area contributed by atoms with Crippen LogP contribution in [0.1, 0.15) is 11.1 Å². The Kier molecular flexibility index (Phi) is 6.56. The molecule has 0 aromatic heterocycles. The average Bonchev–Trinajstić information content (AvgIpc) is 2.57. The number of nitrogens with zero attached hydrogens (tertiary/aromatic N) is 2. The van der Waals surface area contributed by atoms with Gasteiger partial charge in [0.05, 0.1) is 11.6 Å². The molecule has 0 bridgehead atoms. The third-order valence-electron chi connectivity index (χ3n) is 3.44. The molecule has 1 N–H and O–H groups in total. The molecule has 0 saturated carbocycles. The van der Waals surface area contributed by atoms with Crippen LogP contribution in [0.25, 0.3) is 0 Å². The van der Waals surface area contributed by atoms with Crippen LogP contribution in [-0.4, -0.2) is 36.3 Å². The molecule has 0 aliphatic rings. The fourth-order valence-corrected chi connectivity index (χ4v) is 2.47. The van der Waals surface area contributed by atoms with E-state index in [2.05, 4.69) is 0 Å². The first-order valence-corrected chi connectivity index (χ1v) is 7.80. The van der Waals surface area contributed by atoms with Crippen molar-refractivity contribution in [1.82, 2.24) is 4.90 Å². The molecule has 2 aromatic carbocycles. The fraction of sp³-hybridized carbons (Fsp3) is 0.278. The van der Waals surface area contributed by atoms with E-state index in [4.69, 9.17) is 21.6 Å². The lowest BCUT2D eigenvalue weighted by Gasteiger charge is -2.21. The number of aliphatic hydroxyl groups excluding tert-OH is 1. The van der Waals surface area contributed by atoms with Crippen molar-refractivity contribution < 1.29 is 14.2 Å². The maximum atomic E-state index is 13.8. The first kappa shape index (κ1) is 18.2. The lowest BCUT2D eigenvalue weighted by molar-refractivity contribution is 0.0741. The van der Waals surface area contributed by atoms with Crippen LogP contribution in [0, 0.1) is 17.1 Å². The van der Waals surface area contributed by atoms with Crippen LogP contribution in [0.5, 0.6) is 5.75 Å². The van der Waals surface area contributed by atoms with Crippen LogP contribution in [-0.2, 0) is 6.54 Å². The summed E-state index contributed by atoms with van der Waals surface area (Å²) in [5.74, 6) is 0.213. The van der Waals surface area contributed by atoms with E-state index in [1.807, 2.05) is 6.07 Å². The zero-order valence-corrected chi connectivity index (χ0v) is 14.0. The summed E-state index contributed by atoms with van der Waals surface area (Å²) in [6.45, 7) is 0.696. The SMILES string of the molecule is CN(Cc1c(F)cccc1Cl)CC(O)COc1ccc(C#N)cc1. The predicted molar refractivity (Wildman–Crippen MR) is 90.4 cm³/mol. The minimum Gasteiger partial charge on any atom is -0.491 e. The monoisotopic (exact) mass is 348 g/mol. The van der Waals surface area contributed by atoms with Crippen molar-refractivity contribution in [2.45, 2.75) is 12.6 Å². The molecule has 0 spiro atoms. The quantitative estimate of drug-likeness (QED) is 0.834. The van der Waals surface area contributed by atoms with Gasteiger partial charge in [-0.2, -0.15) is 5.26 Å². The zero-order valence-electron chi connectivity index (χ0n) is 13.2. The summed E-state index contributed by atoms with van der Waals surface area (Å²) >= 11 is 6.00. The van der Waals surface area contributed by atoms with Gasteiger partial charge in [-0.3, -0.25) is 4.90 Å². The second-order valence-electron chi connectivity index (χ2n) is 5.50. The Labute approximate surface area is 145 Å². The van der Waals surface area contributed by atoms with Gasteiger partial charge in [0.25, 0.3) is 0 Å². The topological polar surface area (TPSA) is 56.5 Å². The van der Waals surface area contributed by atoms with Crippen molar-refractivity contribution in [1.29, 1.82) is 5.26 Å². The molecular weight excluding hydrogens is 331 g/mol. The number of ether oxygens (including phenoxy) is 1. The van der Waals surface area contributed by atoms with Gasteiger partial charge in [-0.05, 0) is 43.4 Å². The normalized spacial score (nSPS) is 12.0. The third kappa shape index (κ3) is 5.20. The fourth-order valence-electron chi connectivity index (χ4n) is 2.25. The molecule has 0 aliphatic carbocycles. The zero-order chi connectivity index (χ0) is 17.5. The van der Waals surface area contributed by atoms with Crippen LogP contribution in [0.2, 0.25) is 5.02 Å². The standard InChI is InChI=1S/C18H18ClFN2O2/c1-22(11-16-17(19)3-2-4-18(16)20)10-14(23)12-24-15-7-5-13(9-21)6-8-15/h2-8,14,23H,10-12H2,1H3. The summed E-state index contributed by atoms with van der Waals surface area (Å²) in [4.78, 5) is 1.77. The molecular formula is C18H18ClFN2O2. The summed E-state index contributed by atoms with van der Waals surface area (Å²) in [5, 5.41) is 19.2. The number of nitriles is 1. The molecule has 24 heavy (non-hydrogen) atoms. The van der Waals surface area contributed by atoms with Gasteiger partial charge in [-0.25, -0.2) is 4.39 Å². The first-order chi connectivity index (χ1) is 11.5. The first-order valence-electron chi connectivity index (χ1n) is 7.42. The van der Waals surface area contributed by atoms with Crippen LogP contribution in [0.3, 0.4) is 0 Å². The lowest BCUT2D eigenvalue weighted by Crippen LogP contribution is -2.33. The molecule has 0 radical (unpaired) electrons. The molecule has 1 atom stereocenters. The van der Waals surface area contributed by atoms with E-state index >= 15 is 0 Å². The van der Waals surface area contributed by atoms with Crippen LogP contribution >= 0.6 is 11.6 Å². The number of halogens is 2. The summed E-state index contributed by atoms with van der Waals surface area (Å²) in [5.41, 5.74) is 0.950. The number of likely N-dealkylation sites (N-methyl/N-ethyl adjacent to an activating group) is 1. The summed E-state index contributed by atoms with van der Waals surface area (Å²) in [6.07, 6.45) is -0.740. The smallest absolute Gasteiger partial charge is 0.129 e. The highest BCUT2D eigenvalue weighted by atomic mass is 35.5. The Morgan fingerprint density at radius 2 is 2.00 bits per heavy atom. The second-order valence-corrected chi connectivity index (χ2v) is 5.91. The predicted octanol–water partition coefficient (Wildman–Crippen LogP) is 3.22. The maximum Gasteiger partial charge on any atom is 0.129 e. The number of rotatable bonds is 7. The molecule has 0 aliphatic heterocycles. The molecule has 0 fully saturated rings. The number of benzene rings is 2. The maximum absolute atomic E-state index is 13.8. The Morgan fingerprint density at radius 1 is 1.29 bits per heavy atom. The molecule has 126 valence electrons. The number of aliphatic hydroxyl groups is 1. The Bertz CT molecular complexity index is 696. The molecule has 0 heterocycles. The van der Waals surface area contributed by atoms with Crippen molar-refractivity contribution in [3.63, 3.8) is 0 Å². The number of hydrogen-bond donors (Lipinski definition) is 1. The number of hydrogen-bond acceptors (Lipinski definition) is 4. The van der Waals surface area contributed by atoms with E-state index in [-0.39, 0.29) is 12.4 Å². The third-order valence-corrected chi connectivity index (χ3v) is 3.79. The van der Waals surface area contributed by atoms with E-state index in [1.54, 1.807) is 48.3 Å². The molecule has 2 rings (SSSR count). The van der Waals surface area contributed by atoms with Crippen molar-refractivity contribution >= 4 is 11.6 Å². The Balaban J connectivity index is 1.83. The highest BCUT2D eigenvalue weighted by molar-refractivity contribution is 6.31. The van der Waals surface area contributed by atoms with E-state index < -0.39 is 6.10 Å².